The van der Waals surface area contributed by atoms with Crippen LogP contribution in [0.15, 0.2) is 47.4 Å². The highest BCUT2D eigenvalue weighted by Gasteiger charge is 2.60. The van der Waals surface area contributed by atoms with Gasteiger partial charge in [-0.25, -0.2) is 17.2 Å². The fourth-order valence-corrected chi connectivity index (χ4v) is 5.71. The molecule has 7 nitrogen and oxygen atoms in total. The summed E-state index contributed by atoms with van der Waals surface area (Å²) in [5.41, 5.74) is 4.35. The Morgan fingerprint density at radius 2 is 1.94 bits per heavy atom. The first-order chi connectivity index (χ1) is 15.9. The summed E-state index contributed by atoms with van der Waals surface area (Å²) >= 11 is 5.84. The minimum Gasteiger partial charge on any atom is -0.381 e. The Balaban J connectivity index is 1.86. The maximum atomic E-state index is 15.0. The van der Waals surface area contributed by atoms with Crippen LogP contribution in [0.5, 0.6) is 0 Å². The van der Waals surface area contributed by atoms with Crippen molar-refractivity contribution in [3.8, 4) is 0 Å². The van der Waals surface area contributed by atoms with Crippen molar-refractivity contribution in [1.29, 1.82) is 0 Å². The van der Waals surface area contributed by atoms with Crippen molar-refractivity contribution >= 4 is 33.3 Å². The summed E-state index contributed by atoms with van der Waals surface area (Å²) in [7, 11) is -3.62. The van der Waals surface area contributed by atoms with Gasteiger partial charge in [0.1, 0.15) is 17.5 Å². The third-order valence-electron chi connectivity index (χ3n) is 6.53. The van der Waals surface area contributed by atoms with Gasteiger partial charge in [-0.2, -0.15) is 0 Å². The molecular formula is C23H23ClF2N2O5S. The van der Waals surface area contributed by atoms with E-state index in [9.17, 15) is 26.8 Å². The van der Waals surface area contributed by atoms with Gasteiger partial charge < -0.3 is 15.4 Å². The fourth-order valence-electron chi connectivity index (χ4n) is 4.92. The number of primary amides is 1. The highest BCUT2D eigenvalue weighted by atomic mass is 35.5. The molecular weight excluding hydrogens is 490 g/mol. The Labute approximate surface area is 200 Å². The number of halogens is 3. The van der Waals surface area contributed by atoms with Crippen LogP contribution in [-0.2, 0) is 19.4 Å². The van der Waals surface area contributed by atoms with E-state index in [1.807, 2.05) is 0 Å². The van der Waals surface area contributed by atoms with Crippen LogP contribution in [0.4, 0.5) is 8.78 Å². The molecule has 2 heterocycles. The molecule has 1 unspecified atom stereocenters. The van der Waals surface area contributed by atoms with Gasteiger partial charge >= 0.3 is 0 Å². The molecule has 2 fully saturated rings. The minimum absolute atomic E-state index is 0.0338. The number of hydrogen-bond acceptors (Lipinski definition) is 5. The van der Waals surface area contributed by atoms with Gasteiger partial charge in [0, 0.05) is 30.1 Å². The molecule has 3 atom stereocenters. The predicted molar refractivity (Wildman–Crippen MR) is 120 cm³/mol. The topological polar surface area (TPSA) is 107 Å². The lowest BCUT2D eigenvalue weighted by molar-refractivity contribution is -0.134. The predicted octanol–water partition coefficient (Wildman–Crippen LogP) is 2.72. The molecule has 11 heteroatoms. The molecule has 2 aromatic rings. The summed E-state index contributed by atoms with van der Waals surface area (Å²) in [5.74, 6) is -3.61. The Hall–Kier alpha value is -2.56. The summed E-state index contributed by atoms with van der Waals surface area (Å²) in [6.07, 6.45) is -0.958. The number of hydrogen-bond donors (Lipinski definition) is 1. The highest BCUT2D eigenvalue weighted by molar-refractivity contribution is 7.90. The molecule has 2 aliphatic heterocycles. The molecule has 2 amide bonds. The first-order valence-electron chi connectivity index (χ1n) is 10.5. The molecule has 0 bridgehead atoms. The van der Waals surface area contributed by atoms with Crippen molar-refractivity contribution in [3.63, 3.8) is 0 Å². The molecule has 2 aliphatic rings. The van der Waals surface area contributed by atoms with Crippen LogP contribution in [0.2, 0.25) is 5.02 Å². The largest absolute Gasteiger partial charge is 0.381 e. The number of carbonyl (C=O) groups is 2. The average molecular weight is 513 g/mol. The maximum absolute atomic E-state index is 15.0. The molecule has 34 heavy (non-hydrogen) atoms. The zero-order chi connectivity index (χ0) is 24.8. The van der Waals surface area contributed by atoms with Crippen LogP contribution >= 0.6 is 11.6 Å². The van der Waals surface area contributed by atoms with Gasteiger partial charge in [-0.05, 0) is 35.9 Å². The van der Waals surface area contributed by atoms with E-state index in [2.05, 4.69) is 0 Å². The van der Waals surface area contributed by atoms with Crippen molar-refractivity contribution in [3.05, 3.63) is 64.4 Å². The molecule has 2 aromatic carbocycles. The molecule has 0 radical (unpaired) electrons. The summed E-state index contributed by atoms with van der Waals surface area (Å²) in [4.78, 5) is 27.6. The van der Waals surface area contributed by atoms with E-state index in [4.69, 9.17) is 22.1 Å². The number of nitrogens with two attached hydrogens (primary N) is 1. The minimum atomic E-state index is -3.62. The Morgan fingerprint density at radius 1 is 1.24 bits per heavy atom. The Morgan fingerprint density at radius 3 is 2.50 bits per heavy atom. The van der Waals surface area contributed by atoms with Crippen LogP contribution in [-0.4, -0.2) is 62.9 Å². The molecule has 0 aromatic heterocycles. The lowest BCUT2D eigenvalue weighted by Gasteiger charge is -2.47. The second-order valence-electron chi connectivity index (χ2n) is 8.75. The number of amides is 2. The van der Waals surface area contributed by atoms with E-state index in [0.717, 1.165) is 17.2 Å². The molecule has 0 saturated carbocycles. The summed E-state index contributed by atoms with van der Waals surface area (Å²) in [5, 5.41) is -0.124. The van der Waals surface area contributed by atoms with Gasteiger partial charge in [0.15, 0.2) is 9.84 Å². The highest BCUT2D eigenvalue weighted by Crippen LogP contribution is 2.49. The van der Waals surface area contributed by atoms with Gasteiger partial charge in [-0.1, -0.05) is 23.7 Å². The Bertz CT molecular complexity index is 1250. The van der Waals surface area contributed by atoms with Gasteiger partial charge in [0.05, 0.1) is 29.7 Å². The van der Waals surface area contributed by atoms with Crippen molar-refractivity contribution in [2.45, 2.75) is 28.9 Å². The van der Waals surface area contributed by atoms with E-state index in [0.29, 0.717) is 5.56 Å². The van der Waals surface area contributed by atoms with Crippen LogP contribution in [0, 0.1) is 11.7 Å². The molecule has 4 rings (SSSR count). The van der Waals surface area contributed by atoms with Gasteiger partial charge in [0.25, 0.3) is 5.91 Å². The van der Waals surface area contributed by atoms with Crippen molar-refractivity contribution in [1.82, 2.24) is 4.90 Å². The van der Waals surface area contributed by atoms with Crippen LogP contribution in [0.3, 0.4) is 0 Å². The molecule has 0 aliphatic carbocycles. The number of alkyl halides is 1. The number of sulfone groups is 1. The second-order valence-corrected chi connectivity index (χ2v) is 11.2. The number of rotatable bonds is 6. The fraction of sp³-hybridized carbons (Fsp3) is 0.391. The third kappa shape index (κ3) is 4.18. The van der Waals surface area contributed by atoms with Crippen LogP contribution in [0.1, 0.15) is 28.3 Å². The average Bonchev–Trinajstić information content (AvgIpc) is 3.09. The molecule has 182 valence electrons. The van der Waals surface area contributed by atoms with E-state index < -0.39 is 51.6 Å². The van der Waals surface area contributed by atoms with Gasteiger partial charge in [0.2, 0.25) is 5.91 Å². The summed E-state index contributed by atoms with van der Waals surface area (Å²) in [6.45, 7) is 0.00397. The number of likely N-dealkylation sites (tertiary alicyclic amines) is 1. The molecule has 2 N–H and O–H groups in total. The summed E-state index contributed by atoms with van der Waals surface area (Å²) < 4.78 is 58.6. The number of ether oxygens (including phenoxy) is 1. The van der Waals surface area contributed by atoms with Crippen molar-refractivity contribution in [2.24, 2.45) is 11.7 Å². The molecule has 0 spiro atoms. The zero-order valence-corrected chi connectivity index (χ0v) is 19.8. The standard InChI is InChI=1S/C23H23ClF2N2O5S/c1-34(31,32)17-4-2-3-14(7-17)21(29)28-10-16(25)9-23(28,22(27)30)20(15-11-33-12-15)13-5-6-18(24)19(26)8-13/h2-8,15-16,20H,9-12H2,1H3,(H2,27,30)/t16?,20-,23-/m0/s1. The maximum Gasteiger partial charge on any atom is 0.254 e. The van der Waals surface area contributed by atoms with Crippen LogP contribution in [0.25, 0.3) is 0 Å². The zero-order valence-electron chi connectivity index (χ0n) is 18.2. The summed E-state index contributed by atoms with van der Waals surface area (Å²) in [6, 6.07) is 9.31. The SMILES string of the molecule is CS(=O)(=O)c1cccc(C(=O)N2CC(F)C[C@@]2(C(N)=O)[C@@H](c2ccc(Cl)c(F)c2)C2COC2)c1. The first-order valence-corrected chi connectivity index (χ1v) is 12.8. The van der Waals surface area contributed by atoms with Gasteiger partial charge in [-0.3, -0.25) is 9.59 Å². The third-order valence-corrected chi connectivity index (χ3v) is 7.95. The van der Waals surface area contributed by atoms with Crippen LogP contribution < -0.4 is 5.73 Å². The van der Waals surface area contributed by atoms with E-state index in [-0.39, 0.29) is 41.0 Å². The lowest BCUT2D eigenvalue weighted by atomic mass is 9.68. The number of carbonyl (C=O) groups excluding carboxylic acids is 2. The Kier molecular flexibility index (Phi) is 6.43. The smallest absolute Gasteiger partial charge is 0.254 e. The monoisotopic (exact) mass is 512 g/mol. The lowest BCUT2D eigenvalue weighted by Crippen LogP contribution is -2.62. The quantitative estimate of drug-likeness (QED) is 0.640. The van der Waals surface area contributed by atoms with Crippen molar-refractivity contribution < 1.29 is 31.5 Å². The molecule has 2 saturated heterocycles. The normalized spacial score (nSPS) is 24.0. The van der Waals surface area contributed by atoms with E-state index in [1.54, 1.807) is 0 Å². The number of benzene rings is 2. The van der Waals surface area contributed by atoms with Crippen molar-refractivity contribution in [2.75, 3.05) is 26.0 Å². The van der Waals surface area contributed by atoms with E-state index in [1.165, 1.54) is 36.4 Å². The first kappa shape index (κ1) is 24.6. The second kappa shape index (κ2) is 8.90. The number of nitrogens with zero attached hydrogens (tertiary/aromatic N) is 1. The van der Waals surface area contributed by atoms with E-state index >= 15 is 0 Å². The van der Waals surface area contributed by atoms with Gasteiger partial charge in [-0.15, -0.1) is 0 Å².